The van der Waals surface area contributed by atoms with Crippen molar-refractivity contribution in [2.24, 2.45) is 0 Å². The third-order valence-electron chi connectivity index (χ3n) is 1.81. The van der Waals surface area contributed by atoms with Crippen LogP contribution in [-0.2, 0) is 0 Å². The van der Waals surface area contributed by atoms with Crippen LogP contribution < -0.4 is 10.6 Å². The van der Waals surface area contributed by atoms with Gasteiger partial charge in [-0.2, -0.15) is 11.8 Å². The van der Waals surface area contributed by atoms with Gasteiger partial charge < -0.3 is 10.6 Å². The maximum atomic E-state index is 11.2. The monoisotopic (exact) mass is 262 g/mol. The van der Waals surface area contributed by atoms with E-state index in [0.29, 0.717) is 0 Å². The number of carbonyl (C=O) groups is 1. The van der Waals surface area contributed by atoms with Gasteiger partial charge in [0.1, 0.15) is 0 Å². The number of unbranched alkanes of at least 4 members (excludes halogenated alkanes) is 1. The lowest BCUT2D eigenvalue weighted by molar-refractivity contribution is 0.238. The molecular formula is C13H30N2OS. The molecule has 0 rings (SSSR count). The van der Waals surface area contributed by atoms with Crippen molar-refractivity contribution in [1.82, 2.24) is 10.6 Å². The van der Waals surface area contributed by atoms with Crippen LogP contribution in [0.3, 0.4) is 0 Å². The molecule has 2 N–H and O–H groups in total. The molecule has 0 aromatic rings. The first-order chi connectivity index (χ1) is 8.16. The first-order valence-corrected chi connectivity index (χ1v) is 7.94. The second-order valence-corrected chi connectivity index (χ2v) is 5.10. The molecule has 4 heteroatoms. The molecule has 0 saturated carbocycles. The van der Waals surface area contributed by atoms with Gasteiger partial charge in [-0.05, 0) is 38.2 Å². The number of carbonyl (C=O) groups excluding carboxylic acids is 1. The Morgan fingerprint density at radius 1 is 1.18 bits per heavy atom. The van der Waals surface area contributed by atoms with Crippen LogP contribution in [0.2, 0.25) is 0 Å². The van der Waals surface area contributed by atoms with Gasteiger partial charge in [-0.25, -0.2) is 4.79 Å². The first kappa shape index (κ1) is 19.0. The Morgan fingerprint density at radius 3 is 2.29 bits per heavy atom. The van der Waals surface area contributed by atoms with Crippen LogP contribution in [-0.4, -0.2) is 30.1 Å². The minimum Gasteiger partial charge on any atom is -0.338 e. The number of rotatable bonds is 8. The summed E-state index contributed by atoms with van der Waals surface area (Å²) in [7, 11) is 0. The second-order valence-electron chi connectivity index (χ2n) is 3.87. The van der Waals surface area contributed by atoms with Gasteiger partial charge in [-0.1, -0.05) is 27.2 Å². The van der Waals surface area contributed by atoms with Crippen LogP contribution in [0.15, 0.2) is 0 Å². The molecule has 0 aliphatic carbocycles. The van der Waals surface area contributed by atoms with E-state index in [0.717, 1.165) is 18.7 Å². The average molecular weight is 262 g/mol. The molecule has 2 amide bonds. The molecule has 0 aliphatic heterocycles. The summed E-state index contributed by atoms with van der Waals surface area (Å²) < 4.78 is 0. The lowest BCUT2D eigenvalue weighted by Gasteiger charge is -2.09. The van der Waals surface area contributed by atoms with Gasteiger partial charge in [0, 0.05) is 12.6 Å². The molecule has 17 heavy (non-hydrogen) atoms. The Hall–Kier alpha value is -0.380. The van der Waals surface area contributed by atoms with Crippen LogP contribution in [0.25, 0.3) is 0 Å². The van der Waals surface area contributed by atoms with Crippen molar-refractivity contribution < 1.29 is 4.79 Å². The van der Waals surface area contributed by atoms with Gasteiger partial charge in [0.15, 0.2) is 0 Å². The highest BCUT2D eigenvalue weighted by Gasteiger charge is 2.00. The lowest BCUT2D eigenvalue weighted by Crippen LogP contribution is -2.39. The van der Waals surface area contributed by atoms with E-state index in [2.05, 4.69) is 17.6 Å². The minimum absolute atomic E-state index is 0.0523. The zero-order chi connectivity index (χ0) is 13.5. The Labute approximate surface area is 112 Å². The summed E-state index contributed by atoms with van der Waals surface area (Å²) in [5.74, 6) is 2.39. The van der Waals surface area contributed by atoms with E-state index in [9.17, 15) is 4.79 Å². The Bertz CT molecular complexity index is 163. The largest absolute Gasteiger partial charge is 0.338 e. The molecule has 0 atom stereocenters. The molecule has 0 radical (unpaired) electrons. The van der Waals surface area contributed by atoms with E-state index in [1.165, 1.54) is 18.6 Å². The fraction of sp³-hybridized carbons (Fsp3) is 0.923. The quantitative estimate of drug-likeness (QED) is 0.656. The Balaban J connectivity index is 0. The topological polar surface area (TPSA) is 41.1 Å². The summed E-state index contributed by atoms with van der Waals surface area (Å²) in [6.45, 7) is 10.9. The summed E-state index contributed by atoms with van der Waals surface area (Å²) in [6.07, 6.45) is 3.62. The highest BCUT2D eigenvalue weighted by Crippen LogP contribution is 2.05. The lowest BCUT2D eigenvalue weighted by atomic mass is 10.4. The number of hydrogen-bond acceptors (Lipinski definition) is 2. The van der Waals surface area contributed by atoms with Crippen molar-refractivity contribution in [3.63, 3.8) is 0 Å². The van der Waals surface area contributed by atoms with Crippen molar-refractivity contribution in [1.29, 1.82) is 0 Å². The van der Waals surface area contributed by atoms with E-state index < -0.39 is 0 Å². The zero-order valence-electron chi connectivity index (χ0n) is 12.1. The molecule has 0 heterocycles. The molecule has 0 aromatic carbocycles. The fourth-order valence-corrected chi connectivity index (χ4v) is 2.08. The second kappa shape index (κ2) is 15.6. The Kier molecular flexibility index (Phi) is 17.4. The summed E-state index contributed by atoms with van der Waals surface area (Å²) in [5.41, 5.74) is 0. The van der Waals surface area contributed by atoms with E-state index in [1.807, 2.05) is 39.5 Å². The SMILES string of the molecule is CC.CCCCSCCCNC(=O)NC(C)C. The van der Waals surface area contributed by atoms with Gasteiger partial charge >= 0.3 is 6.03 Å². The third-order valence-corrected chi connectivity index (χ3v) is 2.97. The molecule has 0 unspecified atom stereocenters. The number of hydrogen-bond donors (Lipinski definition) is 2. The van der Waals surface area contributed by atoms with E-state index in [1.54, 1.807) is 0 Å². The third kappa shape index (κ3) is 18.2. The standard InChI is InChI=1S/C11H24N2OS.C2H6/c1-4-5-8-15-9-6-7-12-11(14)13-10(2)3;1-2/h10H,4-9H2,1-3H3,(H2,12,13,14);1-2H3. The van der Waals surface area contributed by atoms with Crippen LogP contribution in [0.4, 0.5) is 4.79 Å². The van der Waals surface area contributed by atoms with Gasteiger partial charge in [0.05, 0.1) is 0 Å². The van der Waals surface area contributed by atoms with Crippen molar-refractivity contribution in [3.05, 3.63) is 0 Å². The number of thioether (sulfide) groups is 1. The first-order valence-electron chi connectivity index (χ1n) is 6.79. The van der Waals surface area contributed by atoms with Crippen molar-refractivity contribution in [2.75, 3.05) is 18.1 Å². The van der Waals surface area contributed by atoms with Gasteiger partial charge in [-0.15, -0.1) is 0 Å². The molecule has 0 aromatic heterocycles. The van der Waals surface area contributed by atoms with Crippen molar-refractivity contribution in [3.8, 4) is 0 Å². The van der Waals surface area contributed by atoms with Crippen LogP contribution in [0.5, 0.6) is 0 Å². The predicted octanol–water partition coefficient (Wildman–Crippen LogP) is 3.64. The fourth-order valence-electron chi connectivity index (χ4n) is 1.04. The molecule has 104 valence electrons. The molecule has 0 saturated heterocycles. The molecule has 0 spiro atoms. The van der Waals surface area contributed by atoms with Crippen molar-refractivity contribution >= 4 is 17.8 Å². The highest BCUT2D eigenvalue weighted by molar-refractivity contribution is 7.99. The highest BCUT2D eigenvalue weighted by atomic mass is 32.2. The van der Waals surface area contributed by atoms with Gasteiger partial charge in [0.2, 0.25) is 0 Å². The predicted molar refractivity (Wildman–Crippen MR) is 79.9 cm³/mol. The summed E-state index contributed by atoms with van der Waals surface area (Å²) in [6, 6.07) is 0.160. The molecule has 3 nitrogen and oxygen atoms in total. The van der Waals surface area contributed by atoms with E-state index >= 15 is 0 Å². The van der Waals surface area contributed by atoms with Crippen LogP contribution in [0.1, 0.15) is 53.9 Å². The summed E-state index contributed by atoms with van der Waals surface area (Å²) in [4.78, 5) is 11.2. The van der Waals surface area contributed by atoms with Crippen molar-refractivity contribution in [2.45, 2.75) is 59.9 Å². The number of urea groups is 1. The van der Waals surface area contributed by atoms with Gasteiger partial charge in [0.25, 0.3) is 0 Å². The number of amides is 2. The summed E-state index contributed by atoms with van der Waals surface area (Å²) >= 11 is 1.97. The Morgan fingerprint density at radius 2 is 1.76 bits per heavy atom. The maximum absolute atomic E-state index is 11.2. The normalized spacial score (nSPS) is 9.53. The van der Waals surface area contributed by atoms with E-state index in [-0.39, 0.29) is 12.1 Å². The summed E-state index contributed by atoms with van der Waals surface area (Å²) in [5, 5.41) is 5.64. The maximum Gasteiger partial charge on any atom is 0.314 e. The van der Waals surface area contributed by atoms with Crippen LogP contribution in [0, 0.1) is 0 Å². The molecule has 0 fully saturated rings. The zero-order valence-corrected chi connectivity index (χ0v) is 13.0. The van der Waals surface area contributed by atoms with Gasteiger partial charge in [-0.3, -0.25) is 0 Å². The molecule has 0 aliphatic rings. The molecule has 0 bridgehead atoms. The number of nitrogens with one attached hydrogen (secondary N) is 2. The average Bonchev–Trinajstić information content (AvgIpc) is 2.29. The van der Waals surface area contributed by atoms with E-state index in [4.69, 9.17) is 0 Å². The van der Waals surface area contributed by atoms with Crippen LogP contribution >= 0.6 is 11.8 Å². The smallest absolute Gasteiger partial charge is 0.314 e. The minimum atomic E-state index is -0.0523. The molecular weight excluding hydrogens is 232 g/mol.